The first kappa shape index (κ1) is 20.2. The monoisotopic (exact) mass is 376 g/mol. The molecule has 0 heterocycles. The Kier molecular flexibility index (Phi) is 7.61. The first-order valence-corrected chi connectivity index (χ1v) is 8.45. The Balaban J connectivity index is 1.90. The third kappa shape index (κ3) is 5.44. The van der Waals surface area contributed by atoms with Crippen molar-refractivity contribution in [1.29, 1.82) is 0 Å². The topological polar surface area (TPSA) is 72.5 Å². The van der Waals surface area contributed by atoms with E-state index < -0.39 is 5.97 Å². The molecule has 2 aromatic carbocycles. The fourth-order valence-corrected chi connectivity index (χ4v) is 2.37. The van der Waals surface area contributed by atoms with E-state index in [1.54, 1.807) is 12.1 Å². The van der Waals surface area contributed by atoms with Crippen LogP contribution in [-0.2, 0) is 4.74 Å². The molecule has 0 aliphatic heterocycles. The lowest BCUT2D eigenvalue weighted by molar-refractivity contribution is 0.0449. The molecule has 7 nitrogen and oxygen atoms in total. The van der Waals surface area contributed by atoms with Gasteiger partial charge in [0.25, 0.3) is 0 Å². The lowest BCUT2D eigenvalue weighted by atomic mass is 10.2. The minimum Gasteiger partial charge on any atom is -0.494 e. The summed E-state index contributed by atoms with van der Waals surface area (Å²) in [7, 11) is 4.46. The van der Waals surface area contributed by atoms with E-state index in [0.29, 0.717) is 35.2 Å². The van der Waals surface area contributed by atoms with Crippen LogP contribution >= 0.6 is 0 Å². The van der Waals surface area contributed by atoms with Crippen molar-refractivity contribution >= 4 is 5.97 Å². The summed E-state index contributed by atoms with van der Waals surface area (Å²) in [6.07, 6.45) is 0. The summed E-state index contributed by atoms with van der Waals surface area (Å²) in [6, 6.07) is 10.3. The van der Waals surface area contributed by atoms with E-state index in [1.165, 1.54) is 33.5 Å². The largest absolute Gasteiger partial charge is 0.494 e. The standard InChI is InChI=1S/C20H24O7/c1-5-25-15-6-8-16(9-7-15)26-10-11-27-20(21)14-12-17(22-2)19(24-4)18(13-14)23-3/h6-9,12-13H,5,10-11H2,1-4H3. The average molecular weight is 376 g/mol. The van der Waals surface area contributed by atoms with E-state index in [1.807, 2.05) is 19.1 Å². The Morgan fingerprint density at radius 3 is 1.85 bits per heavy atom. The maximum atomic E-state index is 12.3. The van der Waals surface area contributed by atoms with Gasteiger partial charge in [-0.1, -0.05) is 0 Å². The zero-order valence-corrected chi connectivity index (χ0v) is 15.9. The molecule has 27 heavy (non-hydrogen) atoms. The highest BCUT2D eigenvalue weighted by Gasteiger charge is 2.17. The molecule has 0 N–H and O–H groups in total. The Bertz CT molecular complexity index is 715. The van der Waals surface area contributed by atoms with Gasteiger partial charge >= 0.3 is 5.97 Å². The minimum atomic E-state index is -0.510. The third-order valence-corrected chi connectivity index (χ3v) is 3.62. The molecule has 0 unspecified atom stereocenters. The maximum absolute atomic E-state index is 12.3. The van der Waals surface area contributed by atoms with E-state index >= 15 is 0 Å². The van der Waals surface area contributed by atoms with Crippen molar-refractivity contribution in [2.45, 2.75) is 6.92 Å². The number of methoxy groups -OCH3 is 3. The molecular formula is C20H24O7. The van der Waals surface area contributed by atoms with Gasteiger partial charge in [0.15, 0.2) is 11.5 Å². The first-order chi connectivity index (χ1) is 13.1. The fraction of sp³-hybridized carbons (Fsp3) is 0.350. The molecule has 146 valence electrons. The van der Waals surface area contributed by atoms with E-state index in [-0.39, 0.29) is 13.2 Å². The molecule has 2 aromatic rings. The van der Waals surface area contributed by atoms with Crippen LogP contribution in [0.4, 0.5) is 0 Å². The van der Waals surface area contributed by atoms with Gasteiger partial charge in [0.2, 0.25) is 5.75 Å². The highest BCUT2D eigenvalue weighted by Crippen LogP contribution is 2.38. The molecule has 0 saturated carbocycles. The van der Waals surface area contributed by atoms with Gasteiger partial charge in [-0.25, -0.2) is 4.79 Å². The number of hydrogen-bond donors (Lipinski definition) is 0. The Hall–Kier alpha value is -3.09. The van der Waals surface area contributed by atoms with Crippen molar-refractivity contribution < 1.29 is 33.2 Å². The normalized spacial score (nSPS) is 10.1. The van der Waals surface area contributed by atoms with Crippen LogP contribution < -0.4 is 23.7 Å². The molecule has 2 rings (SSSR count). The number of carbonyl (C=O) groups excluding carboxylic acids is 1. The van der Waals surface area contributed by atoms with E-state index in [4.69, 9.17) is 28.4 Å². The number of carbonyl (C=O) groups is 1. The highest BCUT2D eigenvalue weighted by molar-refractivity contribution is 5.91. The van der Waals surface area contributed by atoms with Crippen LogP contribution in [0.2, 0.25) is 0 Å². The zero-order chi connectivity index (χ0) is 19.6. The molecule has 0 bridgehead atoms. The highest BCUT2D eigenvalue weighted by atomic mass is 16.6. The van der Waals surface area contributed by atoms with Gasteiger partial charge in [-0.2, -0.15) is 0 Å². The molecule has 0 aromatic heterocycles. The van der Waals surface area contributed by atoms with E-state index in [0.717, 1.165) is 5.75 Å². The third-order valence-electron chi connectivity index (χ3n) is 3.62. The Morgan fingerprint density at radius 1 is 0.815 bits per heavy atom. The van der Waals surface area contributed by atoms with Crippen molar-refractivity contribution in [2.75, 3.05) is 41.2 Å². The van der Waals surface area contributed by atoms with Gasteiger partial charge in [0.05, 0.1) is 33.5 Å². The summed E-state index contributed by atoms with van der Waals surface area (Å²) >= 11 is 0. The molecule has 0 spiro atoms. The second-order valence-corrected chi connectivity index (χ2v) is 5.30. The van der Waals surface area contributed by atoms with E-state index in [9.17, 15) is 4.79 Å². The van der Waals surface area contributed by atoms with Gasteiger partial charge in [-0.3, -0.25) is 0 Å². The van der Waals surface area contributed by atoms with Crippen molar-refractivity contribution in [3.8, 4) is 28.7 Å². The second kappa shape index (κ2) is 10.2. The lowest BCUT2D eigenvalue weighted by Gasteiger charge is -2.14. The summed E-state index contributed by atoms with van der Waals surface area (Å²) in [5, 5.41) is 0. The summed E-state index contributed by atoms with van der Waals surface area (Å²) in [5.74, 6) is 2.12. The van der Waals surface area contributed by atoms with Crippen LogP contribution in [0, 0.1) is 0 Å². The van der Waals surface area contributed by atoms with Crippen LogP contribution in [-0.4, -0.2) is 47.1 Å². The van der Waals surface area contributed by atoms with Crippen LogP contribution in [0.1, 0.15) is 17.3 Å². The average Bonchev–Trinajstić information content (AvgIpc) is 2.71. The molecule has 0 fully saturated rings. The van der Waals surface area contributed by atoms with Gasteiger partial charge < -0.3 is 28.4 Å². The lowest BCUT2D eigenvalue weighted by Crippen LogP contribution is -2.13. The van der Waals surface area contributed by atoms with Crippen molar-refractivity contribution in [3.63, 3.8) is 0 Å². The van der Waals surface area contributed by atoms with Crippen molar-refractivity contribution in [2.24, 2.45) is 0 Å². The predicted octanol–water partition coefficient (Wildman–Crippen LogP) is 3.35. The summed E-state index contributed by atoms with van der Waals surface area (Å²) in [5.41, 5.74) is 0.297. The minimum absolute atomic E-state index is 0.0999. The van der Waals surface area contributed by atoms with E-state index in [2.05, 4.69) is 0 Å². The fourth-order valence-electron chi connectivity index (χ4n) is 2.37. The van der Waals surface area contributed by atoms with Crippen molar-refractivity contribution in [1.82, 2.24) is 0 Å². The summed E-state index contributed by atoms with van der Waals surface area (Å²) < 4.78 is 31.9. The number of rotatable bonds is 10. The zero-order valence-electron chi connectivity index (χ0n) is 15.9. The number of benzene rings is 2. The summed E-state index contributed by atoms with van der Waals surface area (Å²) in [4.78, 5) is 12.3. The van der Waals surface area contributed by atoms with Crippen LogP contribution in [0.25, 0.3) is 0 Å². The number of ether oxygens (including phenoxy) is 6. The van der Waals surface area contributed by atoms with Crippen LogP contribution in [0.3, 0.4) is 0 Å². The molecular weight excluding hydrogens is 352 g/mol. The van der Waals surface area contributed by atoms with Gasteiger partial charge in [-0.05, 0) is 43.3 Å². The van der Waals surface area contributed by atoms with Crippen LogP contribution in [0.15, 0.2) is 36.4 Å². The molecule has 0 radical (unpaired) electrons. The molecule has 7 heteroatoms. The molecule has 0 aliphatic carbocycles. The van der Waals surface area contributed by atoms with Crippen molar-refractivity contribution in [3.05, 3.63) is 42.0 Å². The summed E-state index contributed by atoms with van der Waals surface area (Å²) in [6.45, 7) is 2.86. The molecule has 0 aliphatic rings. The maximum Gasteiger partial charge on any atom is 0.338 e. The number of hydrogen-bond acceptors (Lipinski definition) is 7. The molecule has 0 saturated heterocycles. The Labute approximate surface area is 158 Å². The predicted molar refractivity (Wildman–Crippen MR) is 99.5 cm³/mol. The van der Waals surface area contributed by atoms with Gasteiger partial charge in [0, 0.05) is 0 Å². The van der Waals surface area contributed by atoms with Crippen LogP contribution in [0.5, 0.6) is 28.7 Å². The first-order valence-electron chi connectivity index (χ1n) is 8.45. The second-order valence-electron chi connectivity index (χ2n) is 5.30. The number of esters is 1. The SMILES string of the molecule is CCOc1ccc(OCCOC(=O)c2cc(OC)c(OC)c(OC)c2)cc1. The smallest absolute Gasteiger partial charge is 0.338 e. The van der Waals surface area contributed by atoms with Gasteiger partial charge in [0.1, 0.15) is 24.7 Å². The molecule has 0 atom stereocenters. The quantitative estimate of drug-likeness (QED) is 0.465. The van der Waals surface area contributed by atoms with Gasteiger partial charge in [-0.15, -0.1) is 0 Å². The molecule has 0 amide bonds. The Morgan fingerprint density at radius 2 is 1.37 bits per heavy atom.